The first-order valence-corrected chi connectivity index (χ1v) is 9.64. The van der Waals surface area contributed by atoms with Crippen molar-refractivity contribution >= 4 is 28.8 Å². The summed E-state index contributed by atoms with van der Waals surface area (Å²) in [5.74, 6) is -0.871. The predicted molar refractivity (Wildman–Crippen MR) is 102 cm³/mol. The second-order valence-electron chi connectivity index (χ2n) is 5.98. The van der Waals surface area contributed by atoms with Crippen LogP contribution in [0.2, 0.25) is 0 Å². The number of aryl methyl sites for hydroxylation is 1. The Bertz CT molecular complexity index is 620. The van der Waals surface area contributed by atoms with Gasteiger partial charge in [-0.05, 0) is 31.4 Å². The van der Waals surface area contributed by atoms with Gasteiger partial charge in [0.1, 0.15) is 0 Å². The lowest BCUT2D eigenvalue weighted by atomic mass is 9.96. The maximum Gasteiger partial charge on any atom is 0.335 e. The molecule has 1 aromatic carbocycles. The first kappa shape index (κ1) is 22.2. The fraction of sp³-hybridized carbons (Fsp3) is 0.526. The van der Waals surface area contributed by atoms with Gasteiger partial charge in [-0.3, -0.25) is 9.59 Å². The van der Waals surface area contributed by atoms with E-state index < -0.39 is 12.1 Å². The van der Waals surface area contributed by atoms with Gasteiger partial charge < -0.3 is 15.2 Å². The monoisotopic (exact) mass is 381 g/mol. The third kappa shape index (κ3) is 8.01. The van der Waals surface area contributed by atoms with E-state index in [-0.39, 0.29) is 36.5 Å². The number of benzene rings is 1. The van der Waals surface area contributed by atoms with Gasteiger partial charge in [-0.2, -0.15) is 0 Å². The molecule has 2 N–H and O–H groups in total. The second-order valence-corrected chi connectivity index (χ2v) is 7.17. The number of hydrogen-bond donors (Lipinski definition) is 2. The fourth-order valence-electron chi connectivity index (χ4n) is 2.38. The average molecular weight is 381 g/mol. The molecule has 26 heavy (non-hydrogen) atoms. The second kappa shape index (κ2) is 11.7. The Kier molecular flexibility index (Phi) is 9.98. The van der Waals surface area contributed by atoms with Crippen LogP contribution >= 0.6 is 11.8 Å². The lowest BCUT2D eigenvalue weighted by molar-refractivity contribution is -0.153. The summed E-state index contributed by atoms with van der Waals surface area (Å²) in [4.78, 5) is 35.2. The van der Waals surface area contributed by atoms with Crippen molar-refractivity contribution in [2.24, 2.45) is 5.92 Å². The maximum atomic E-state index is 12.5. The van der Waals surface area contributed by atoms with E-state index in [1.807, 2.05) is 31.2 Å². The quantitative estimate of drug-likeness (QED) is 0.601. The Hall–Kier alpha value is -1.86. The number of amides is 1. The van der Waals surface area contributed by atoms with E-state index >= 15 is 0 Å². The Balaban J connectivity index is 2.62. The summed E-state index contributed by atoms with van der Waals surface area (Å²) in [7, 11) is 0. The van der Waals surface area contributed by atoms with Gasteiger partial charge in [0.2, 0.25) is 5.91 Å². The Labute approximate surface area is 158 Å². The smallest absolute Gasteiger partial charge is 0.335 e. The summed E-state index contributed by atoms with van der Waals surface area (Å²) in [6, 6.07) is 7.82. The van der Waals surface area contributed by atoms with Crippen LogP contribution in [0.15, 0.2) is 24.3 Å². The Morgan fingerprint density at radius 1 is 1.27 bits per heavy atom. The molecular formula is C19H27NO5S. The van der Waals surface area contributed by atoms with Gasteiger partial charge in [0, 0.05) is 25.6 Å². The molecule has 0 aromatic heterocycles. The van der Waals surface area contributed by atoms with Crippen LogP contribution in [0.3, 0.4) is 0 Å². The van der Waals surface area contributed by atoms with E-state index in [4.69, 9.17) is 4.74 Å². The van der Waals surface area contributed by atoms with E-state index in [0.717, 1.165) is 22.9 Å². The molecule has 2 unspecified atom stereocenters. The molecule has 144 valence electrons. The zero-order valence-corrected chi connectivity index (χ0v) is 16.3. The lowest BCUT2D eigenvalue weighted by Crippen LogP contribution is -2.36. The van der Waals surface area contributed by atoms with Crippen molar-refractivity contribution < 1.29 is 24.2 Å². The van der Waals surface area contributed by atoms with E-state index in [0.29, 0.717) is 12.2 Å². The third-order valence-electron chi connectivity index (χ3n) is 3.86. The molecule has 0 aliphatic rings. The first-order chi connectivity index (χ1) is 12.3. The molecule has 0 saturated heterocycles. The summed E-state index contributed by atoms with van der Waals surface area (Å²) < 4.78 is 4.72. The number of rotatable bonds is 10. The first-order valence-electron chi connectivity index (χ1n) is 8.65. The van der Waals surface area contributed by atoms with Crippen molar-refractivity contribution in [2.75, 3.05) is 18.9 Å². The molecule has 0 bridgehead atoms. The van der Waals surface area contributed by atoms with E-state index in [1.54, 1.807) is 6.92 Å². The van der Waals surface area contributed by atoms with Crippen LogP contribution in [0.4, 0.5) is 0 Å². The lowest BCUT2D eigenvalue weighted by Gasteiger charge is -2.18. The minimum absolute atomic E-state index is 0.0367. The van der Waals surface area contributed by atoms with Gasteiger partial charge in [-0.1, -0.05) is 36.0 Å². The van der Waals surface area contributed by atoms with Gasteiger partial charge >= 0.3 is 5.97 Å². The number of aliphatic hydroxyl groups excluding tert-OH is 1. The van der Waals surface area contributed by atoms with Crippen LogP contribution in [0.5, 0.6) is 0 Å². The van der Waals surface area contributed by atoms with Crippen LogP contribution in [-0.4, -0.2) is 47.1 Å². The molecule has 6 nitrogen and oxygen atoms in total. The number of esters is 1. The predicted octanol–water partition coefficient (Wildman–Crippen LogP) is 1.86. The highest BCUT2D eigenvalue weighted by Crippen LogP contribution is 2.18. The van der Waals surface area contributed by atoms with Gasteiger partial charge in [0.05, 0.1) is 12.5 Å². The van der Waals surface area contributed by atoms with Gasteiger partial charge in [-0.15, -0.1) is 0 Å². The van der Waals surface area contributed by atoms with Crippen molar-refractivity contribution in [2.45, 2.75) is 39.7 Å². The summed E-state index contributed by atoms with van der Waals surface area (Å²) in [5, 5.41) is 12.4. The van der Waals surface area contributed by atoms with Crippen molar-refractivity contribution in [3.63, 3.8) is 0 Å². The molecule has 1 rings (SSSR count). The van der Waals surface area contributed by atoms with Gasteiger partial charge in [-0.25, -0.2) is 4.79 Å². The summed E-state index contributed by atoms with van der Waals surface area (Å²) in [6.07, 6.45) is -0.641. The molecule has 0 saturated carbocycles. The molecule has 0 aliphatic carbocycles. The SMILES string of the molecule is CCOC(=O)C(O)CCNC(=O)C(CSC(C)=O)Cc1ccccc1C. The van der Waals surface area contributed by atoms with E-state index in [9.17, 15) is 19.5 Å². The number of hydrogen-bond acceptors (Lipinski definition) is 6. The fourth-order valence-corrected chi connectivity index (χ4v) is 3.09. The zero-order valence-electron chi connectivity index (χ0n) is 15.5. The normalized spacial score (nSPS) is 12.9. The molecule has 1 amide bonds. The third-order valence-corrected chi connectivity index (χ3v) is 4.84. The van der Waals surface area contributed by atoms with Crippen LogP contribution in [0.1, 0.15) is 31.4 Å². The molecule has 0 radical (unpaired) electrons. The van der Waals surface area contributed by atoms with Gasteiger partial charge in [0.25, 0.3) is 0 Å². The number of thioether (sulfide) groups is 1. The Morgan fingerprint density at radius 2 is 1.96 bits per heavy atom. The molecule has 0 fully saturated rings. The summed E-state index contributed by atoms with van der Waals surface area (Å²) in [5.41, 5.74) is 2.15. The molecular weight excluding hydrogens is 354 g/mol. The Morgan fingerprint density at radius 3 is 2.58 bits per heavy atom. The van der Waals surface area contributed by atoms with Crippen LogP contribution in [0, 0.1) is 12.8 Å². The maximum absolute atomic E-state index is 12.5. The highest BCUT2D eigenvalue weighted by atomic mass is 32.2. The number of aliphatic hydroxyl groups is 1. The number of ether oxygens (including phenoxy) is 1. The molecule has 0 aliphatic heterocycles. The van der Waals surface area contributed by atoms with Crippen LogP contribution in [-0.2, 0) is 25.5 Å². The topological polar surface area (TPSA) is 92.7 Å². The van der Waals surface area contributed by atoms with E-state index in [2.05, 4.69) is 5.32 Å². The average Bonchev–Trinajstić information content (AvgIpc) is 2.59. The van der Waals surface area contributed by atoms with Crippen molar-refractivity contribution in [1.82, 2.24) is 5.32 Å². The summed E-state index contributed by atoms with van der Waals surface area (Å²) in [6.45, 7) is 5.48. The van der Waals surface area contributed by atoms with Gasteiger partial charge in [0.15, 0.2) is 11.2 Å². The molecule has 1 aromatic rings. The molecule has 0 spiro atoms. The number of carbonyl (C=O) groups excluding carboxylic acids is 3. The summed E-state index contributed by atoms with van der Waals surface area (Å²) >= 11 is 1.12. The van der Waals surface area contributed by atoms with Crippen molar-refractivity contribution in [1.29, 1.82) is 0 Å². The largest absolute Gasteiger partial charge is 0.464 e. The zero-order chi connectivity index (χ0) is 19.5. The van der Waals surface area contributed by atoms with Crippen LogP contribution in [0.25, 0.3) is 0 Å². The number of nitrogens with one attached hydrogen (secondary N) is 1. The van der Waals surface area contributed by atoms with E-state index in [1.165, 1.54) is 6.92 Å². The highest BCUT2D eigenvalue weighted by molar-refractivity contribution is 8.13. The molecule has 0 heterocycles. The highest BCUT2D eigenvalue weighted by Gasteiger charge is 2.22. The van der Waals surface area contributed by atoms with Crippen molar-refractivity contribution in [3.05, 3.63) is 35.4 Å². The number of carbonyl (C=O) groups is 3. The van der Waals surface area contributed by atoms with Crippen molar-refractivity contribution in [3.8, 4) is 0 Å². The standard InChI is InChI=1S/C19H27NO5S/c1-4-25-19(24)17(22)9-10-20-18(23)16(12-26-14(3)21)11-15-8-6-5-7-13(15)2/h5-8,16-17,22H,4,9-12H2,1-3H3,(H,20,23). The molecule has 2 atom stereocenters. The minimum Gasteiger partial charge on any atom is -0.464 e. The van der Waals surface area contributed by atoms with Crippen LogP contribution < -0.4 is 5.32 Å². The molecule has 7 heteroatoms. The minimum atomic E-state index is -1.25.